The molecule has 1 aromatic heterocycles. The largest absolute Gasteiger partial charge is 0.350 e. The summed E-state index contributed by atoms with van der Waals surface area (Å²) in [6.07, 6.45) is 3.61. The van der Waals surface area contributed by atoms with Gasteiger partial charge < -0.3 is 9.88 Å². The number of amides is 1. The van der Waals surface area contributed by atoms with Gasteiger partial charge in [-0.1, -0.05) is 20.8 Å². The normalized spacial score (nSPS) is 11.4. The SMILES string of the molecule is Cn1cnc(CNC(=O)C(C)(C)C)c1. The zero-order chi connectivity index (χ0) is 10.8. The van der Waals surface area contributed by atoms with E-state index < -0.39 is 0 Å². The van der Waals surface area contributed by atoms with E-state index in [4.69, 9.17) is 0 Å². The highest BCUT2D eigenvalue weighted by Crippen LogP contribution is 2.12. The second-order valence-corrected chi connectivity index (χ2v) is 4.46. The van der Waals surface area contributed by atoms with Gasteiger partial charge in [0.2, 0.25) is 5.91 Å². The first-order chi connectivity index (χ1) is 6.39. The third-order valence-electron chi connectivity index (χ3n) is 1.87. The van der Waals surface area contributed by atoms with E-state index in [1.807, 2.05) is 38.6 Å². The maximum atomic E-state index is 11.5. The van der Waals surface area contributed by atoms with Crippen LogP contribution in [0.25, 0.3) is 0 Å². The average Bonchev–Trinajstić information content (AvgIpc) is 2.45. The number of carbonyl (C=O) groups is 1. The molecule has 14 heavy (non-hydrogen) atoms. The highest BCUT2D eigenvalue weighted by molar-refractivity contribution is 5.81. The quantitative estimate of drug-likeness (QED) is 0.767. The fourth-order valence-corrected chi connectivity index (χ4v) is 0.994. The highest BCUT2D eigenvalue weighted by atomic mass is 16.2. The minimum atomic E-state index is -0.339. The summed E-state index contributed by atoms with van der Waals surface area (Å²) in [7, 11) is 1.90. The van der Waals surface area contributed by atoms with Gasteiger partial charge in [-0.15, -0.1) is 0 Å². The van der Waals surface area contributed by atoms with Crippen LogP contribution < -0.4 is 5.32 Å². The van der Waals surface area contributed by atoms with Gasteiger partial charge in [-0.05, 0) is 0 Å². The smallest absolute Gasteiger partial charge is 0.225 e. The fourth-order valence-electron chi connectivity index (χ4n) is 0.994. The van der Waals surface area contributed by atoms with E-state index in [1.54, 1.807) is 6.33 Å². The molecule has 0 saturated heterocycles. The molecular weight excluding hydrogens is 178 g/mol. The Morgan fingerprint density at radius 3 is 2.64 bits per heavy atom. The molecule has 0 radical (unpaired) electrons. The lowest BCUT2D eigenvalue weighted by molar-refractivity contribution is -0.128. The Kier molecular flexibility index (Phi) is 2.93. The molecule has 4 nitrogen and oxygen atoms in total. The lowest BCUT2D eigenvalue weighted by Gasteiger charge is -2.16. The Hall–Kier alpha value is -1.32. The molecule has 0 aliphatic rings. The summed E-state index contributed by atoms with van der Waals surface area (Å²) in [4.78, 5) is 15.6. The van der Waals surface area contributed by atoms with Crippen LogP contribution in [-0.2, 0) is 18.4 Å². The molecule has 0 saturated carbocycles. The van der Waals surface area contributed by atoms with Gasteiger partial charge in [0.05, 0.1) is 18.6 Å². The summed E-state index contributed by atoms with van der Waals surface area (Å²) in [6.45, 7) is 6.17. The van der Waals surface area contributed by atoms with Crippen molar-refractivity contribution in [3.05, 3.63) is 18.2 Å². The number of aromatic nitrogens is 2. The van der Waals surface area contributed by atoms with Crippen LogP contribution >= 0.6 is 0 Å². The number of hydrogen-bond donors (Lipinski definition) is 1. The van der Waals surface area contributed by atoms with Crippen molar-refractivity contribution < 1.29 is 4.79 Å². The third-order valence-corrected chi connectivity index (χ3v) is 1.87. The molecular formula is C10H17N3O. The van der Waals surface area contributed by atoms with Gasteiger partial charge >= 0.3 is 0 Å². The zero-order valence-corrected chi connectivity index (χ0v) is 9.16. The van der Waals surface area contributed by atoms with Gasteiger partial charge in [0.15, 0.2) is 0 Å². The van der Waals surface area contributed by atoms with Gasteiger partial charge in [0.1, 0.15) is 0 Å². The van der Waals surface area contributed by atoms with Crippen LogP contribution in [0.3, 0.4) is 0 Å². The van der Waals surface area contributed by atoms with Crippen molar-refractivity contribution in [3.8, 4) is 0 Å². The van der Waals surface area contributed by atoms with Crippen LogP contribution in [0.2, 0.25) is 0 Å². The molecule has 0 fully saturated rings. The molecule has 1 N–H and O–H groups in total. The maximum Gasteiger partial charge on any atom is 0.225 e. The maximum absolute atomic E-state index is 11.5. The molecule has 0 spiro atoms. The number of aryl methyl sites for hydroxylation is 1. The van der Waals surface area contributed by atoms with Crippen molar-refractivity contribution in [2.45, 2.75) is 27.3 Å². The second-order valence-electron chi connectivity index (χ2n) is 4.46. The first-order valence-corrected chi connectivity index (χ1v) is 4.65. The zero-order valence-electron chi connectivity index (χ0n) is 9.16. The molecule has 1 amide bonds. The van der Waals surface area contributed by atoms with E-state index in [-0.39, 0.29) is 11.3 Å². The predicted octanol–water partition coefficient (Wildman–Crippen LogP) is 1.08. The minimum Gasteiger partial charge on any atom is -0.350 e. The Balaban J connectivity index is 2.46. The molecule has 0 unspecified atom stereocenters. The van der Waals surface area contributed by atoms with E-state index in [1.165, 1.54) is 0 Å². The van der Waals surface area contributed by atoms with Crippen molar-refractivity contribution in [2.75, 3.05) is 0 Å². The predicted molar refractivity (Wildman–Crippen MR) is 54.5 cm³/mol. The molecule has 1 heterocycles. The van der Waals surface area contributed by atoms with Crippen LogP contribution in [0.5, 0.6) is 0 Å². The van der Waals surface area contributed by atoms with E-state index in [0.717, 1.165) is 5.69 Å². The monoisotopic (exact) mass is 195 g/mol. The molecule has 0 atom stereocenters. The van der Waals surface area contributed by atoms with Gasteiger partial charge in [0.25, 0.3) is 0 Å². The minimum absolute atomic E-state index is 0.0446. The summed E-state index contributed by atoms with van der Waals surface area (Å²) >= 11 is 0. The fraction of sp³-hybridized carbons (Fsp3) is 0.600. The first kappa shape index (κ1) is 10.8. The number of rotatable bonds is 2. The van der Waals surface area contributed by atoms with Gasteiger partial charge in [-0.2, -0.15) is 0 Å². The third kappa shape index (κ3) is 2.87. The van der Waals surface area contributed by atoms with Crippen LogP contribution in [0, 0.1) is 5.41 Å². The Morgan fingerprint density at radius 2 is 2.21 bits per heavy atom. The summed E-state index contributed by atoms with van der Waals surface area (Å²) < 4.78 is 1.86. The second kappa shape index (κ2) is 3.82. The van der Waals surface area contributed by atoms with Crippen LogP contribution in [-0.4, -0.2) is 15.5 Å². The lowest BCUT2D eigenvalue weighted by atomic mass is 9.96. The number of carbonyl (C=O) groups excluding carboxylic acids is 1. The lowest BCUT2D eigenvalue weighted by Crippen LogP contribution is -2.34. The van der Waals surface area contributed by atoms with E-state index in [0.29, 0.717) is 6.54 Å². The Labute approximate surface area is 84.3 Å². The van der Waals surface area contributed by atoms with Gasteiger partial charge in [0, 0.05) is 18.7 Å². The average molecular weight is 195 g/mol. The van der Waals surface area contributed by atoms with Crippen molar-refractivity contribution in [1.29, 1.82) is 0 Å². The molecule has 1 rings (SSSR count). The van der Waals surface area contributed by atoms with Crippen molar-refractivity contribution in [1.82, 2.24) is 14.9 Å². The summed E-state index contributed by atoms with van der Waals surface area (Å²) in [5, 5.41) is 2.84. The number of hydrogen-bond acceptors (Lipinski definition) is 2. The summed E-state index contributed by atoms with van der Waals surface area (Å²) in [6, 6.07) is 0. The summed E-state index contributed by atoms with van der Waals surface area (Å²) in [5.74, 6) is 0.0446. The molecule has 4 heteroatoms. The Bertz CT molecular complexity index is 322. The molecule has 0 aliphatic heterocycles. The number of nitrogens with zero attached hydrogens (tertiary/aromatic N) is 2. The first-order valence-electron chi connectivity index (χ1n) is 4.65. The molecule has 1 aromatic rings. The van der Waals surface area contributed by atoms with E-state index in [9.17, 15) is 4.79 Å². The molecule has 78 valence electrons. The Morgan fingerprint density at radius 1 is 1.57 bits per heavy atom. The summed E-state index contributed by atoms with van der Waals surface area (Å²) in [5.41, 5.74) is 0.541. The molecule has 0 bridgehead atoms. The van der Waals surface area contributed by atoms with E-state index >= 15 is 0 Å². The van der Waals surface area contributed by atoms with Crippen LogP contribution in [0.1, 0.15) is 26.5 Å². The van der Waals surface area contributed by atoms with Crippen molar-refractivity contribution in [2.24, 2.45) is 12.5 Å². The standard InChI is InChI=1S/C10H17N3O/c1-10(2,3)9(14)11-5-8-6-13(4)7-12-8/h6-7H,5H2,1-4H3,(H,11,14). The van der Waals surface area contributed by atoms with Crippen molar-refractivity contribution in [3.63, 3.8) is 0 Å². The van der Waals surface area contributed by atoms with Crippen molar-refractivity contribution >= 4 is 5.91 Å². The highest BCUT2D eigenvalue weighted by Gasteiger charge is 2.20. The topological polar surface area (TPSA) is 46.9 Å². The van der Waals surface area contributed by atoms with Crippen LogP contribution in [0.4, 0.5) is 0 Å². The van der Waals surface area contributed by atoms with Crippen LogP contribution in [0.15, 0.2) is 12.5 Å². The number of imidazole rings is 1. The molecule has 0 aliphatic carbocycles. The number of nitrogens with one attached hydrogen (secondary N) is 1. The molecule has 0 aromatic carbocycles. The van der Waals surface area contributed by atoms with Gasteiger partial charge in [-0.3, -0.25) is 4.79 Å². The van der Waals surface area contributed by atoms with E-state index in [2.05, 4.69) is 10.3 Å². The van der Waals surface area contributed by atoms with Gasteiger partial charge in [-0.25, -0.2) is 4.98 Å².